The summed E-state index contributed by atoms with van der Waals surface area (Å²) in [4.78, 5) is 24.9. The van der Waals surface area contributed by atoms with Crippen LogP contribution >= 0.6 is 0 Å². The fourth-order valence-electron chi connectivity index (χ4n) is 1.98. The Kier molecular flexibility index (Phi) is 2.98. The second-order valence-electron chi connectivity index (χ2n) is 4.15. The Bertz CT molecular complexity index is 720. The van der Waals surface area contributed by atoms with Crippen LogP contribution in [-0.4, -0.2) is 20.7 Å². The first-order valence-corrected chi connectivity index (χ1v) is 5.97. The fraction of sp³-hybridized carbons (Fsp3) is 0.0667. The number of Topliss-reactive ketones (excluding diaryl/α,β-unsaturated/α-hetero) is 1. The highest BCUT2D eigenvalue weighted by Gasteiger charge is 2.12. The SMILES string of the molecule is O=C(Cc1ccccn1)c1cccc2nccnc12. The second kappa shape index (κ2) is 4.94. The number of hydrogen-bond donors (Lipinski definition) is 0. The van der Waals surface area contributed by atoms with Crippen LogP contribution in [0.1, 0.15) is 16.1 Å². The average Bonchev–Trinajstić information content (AvgIpc) is 2.47. The van der Waals surface area contributed by atoms with Crippen LogP contribution < -0.4 is 0 Å². The van der Waals surface area contributed by atoms with Crippen LogP contribution in [0.2, 0.25) is 0 Å². The minimum atomic E-state index is 0.00444. The van der Waals surface area contributed by atoms with Crippen LogP contribution in [0.3, 0.4) is 0 Å². The lowest BCUT2D eigenvalue weighted by Crippen LogP contribution is -2.06. The van der Waals surface area contributed by atoms with Gasteiger partial charge >= 0.3 is 0 Å². The number of fused-ring (bicyclic) bond motifs is 1. The monoisotopic (exact) mass is 249 g/mol. The molecular formula is C15H11N3O. The van der Waals surface area contributed by atoms with Gasteiger partial charge in [-0.05, 0) is 24.3 Å². The molecule has 0 amide bonds. The standard InChI is InChI=1S/C15H11N3O/c19-14(10-11-4-1-2-7-16-11)12-5-3-6-13-15(12)18-9-8-17-13/h1-9H,10H2. The molecule has 4 nitrogen and oxygen atoms in total. The van der Waals surface area contributed by atoms with Crippen molar-refractivity contribution in [2.24, 2.45) is 0 Å². The van der Waals surface area contributed by atoms with Gasteiger partial charge in [0.25, 0.3) is 0 Å². The molecular weight excluding hydrogens is 238 g/mol. The molecule has 0 aliphatic heterocycles. The van der Waals surface area contributed by atoms with Gasteiger partial charge in [0.15, 0.2) is 5.78 Å². The number of pyridine rings is 1. The molecule has 0 bridgehead atoms. The highest BCUT2D eigenvalue weighted by Crippen LogP contribution is 2.15. The van der Waals surface area contributed by atoms with Crippen molar-refractivity contribution in [3.63, 3.8) is 0 Å². The summed E-state index contributed by atoms with van der Waals surface area (Å²) in [7, 11) is 0. The maximum atomic E-state index is 12.3. The van der Waals surface area contributed by atoms with E-state index in [1.165, 1.54) is 0 Å². The van der Waals surface area contributed by atoms with E-state index in [2.05, 4.69) is 15.0 Å². The molecule has 1 aromatic carbocycles. The zero-order valence-corrected chi connectivity index (χ0v) is 10.2. The Balaban J connectivity index is 1.98. The van der Waals surface area contributed by atoms with Gasteiger partial charge in [-0.1, -0.05) is 12.1 Å². The maximum Gasteiger partial charge on any atom is 0.171 e. The highest BCUT2D eigenvalue weighted by molar-refractivity contribution is 6.06. The van der Waals surface area contributed by atoms with Gasteiger partial charge in [-0.15, -0.1) is 0 Å². The molecule has 0 saturated carbocycles. The van der Waals surface area contributed by atoms with Gasteiger partial charge in [-0.25, -0.2) is 0 Å². The van der Waals surface area contributed by atoms with E-state index in [0.717, 1.165) is 11.2 Å². The molecule has 92 valence electrons. The predicted molar refractivity (Wildman–Crippen MR) is 71.8 cm³/mol. The molecule has 3 rings (SSSR count). The Morgan fingerprint density at radius 3 is 2.63 bits per heavy atom. The predicted octanol–water partition coefficient (Wildman–Crippen LogP) is 2.45. The van der Waals surface area contributed by atoms with Crippen molar-refractivity contribution < 1.29 is 4.79 Å². The first-order chi connectivity index (χ1) is 9.34. The van der Waals surface area contributed by atoms with Crippen molar-refractivity contribution in [1.29, 1.82) is 0 Å². The molecule has 3 aromatic rings. The van der Waals surface area contributed by atoms with E-state index in [-0.39, 0.29) is 12.2 Å². The Morgan fingerprint density at radius 2 is 1.79 bits per heavy atom. The van der Waals surface area contributed by atoms with Gasteiger partial charge in [0, 0.05) is 29.8 Å². The second-order valence-corrected chi connectivity index (χ2v) is 4.15. The van der Waals surface area contributed by atoms with Crippen LogP contribution in [0.15, 0.2) is 55.0 Å². The van der Waals surface area contributed by atoms with E-state index in [0.29, 0.717) is 11.1 Å². The fourth-order valence-corrected chi connectivity index (χ4v) is 1.98. The van der Waals surface area contributed by atoms with E-state index in [9.17, 15) is 4.79 Å². The topological polar surface area (TPSA) is 55.7 Å². The smallest absolute Gasteiger partial charge is 0.171 e. The zero-order chi connectivity index (χ0) is 13.1. The zero-order valence-electron chi connectivity index (χ0n) is 10.2. The highest BCUT2D eigenvalue weighted by atomic mass is 16.1. The Labute approximate surface area is 110 Å². The number of para-hydroxylation sites is 1. The van der Waals surface area contributed by atoms with E-state index in [4.69, 9.17) is 0 Å². The molecule has 0 saturated heterocycles. The van der Waals surface area contributed by atoms with Crippen LogP contribution in [0.4, 0.5) is 0 Å². The first kappa shape index (κ1) is 11.5. The number of ketones is 1. The summed E-state index contributed by atoms with van der Waals surface area (Å²) in [5.74, 6) is 0.00444. The summed E-state index contributed by atoms with van der Waals surface area (Å²) in [5, 5.41) is 0. The number of carbonyl (C=O) groups is 1. The third kappa shape index (κ3) is 2.33. The number of benzene rings is 1. The molecule has 0 atom stereocenters. The molecule has 0 radical (unpaired) electrons. The van der Waals surface area contributed by atoms with Crippen molar-refractivity contribution in [2.75, 3.05) is 0 Å². The number of aromatic nitrogens is 3. The largest absolute Gasteiger partial charge is 0.294 e. The normalized spacial score (nSPS) is 10.5. The van der Waals surface area contributed by atoms with E-state index in [1.807, 2.05) is 30.3 Å². The van der Waals surface area contributed by atoms with Crippen molar-refractivity contribution in [3.05, 3.63) is 66.2 Å². The third-order valence-electron chi connectivity index (χ3n) is 2.87. The summed E-state index contributed by atoms with van der Waals surface area (Å²) < 4.78 is 0. The summed E-state index contributed by atoms with van der Waals surface area (Å²) in [5.41, 5.74) is 2.73. The first-order valence-electron chi connectivity index (χ1n) is 5.97. The third-order valence-corrected chi connectivity index (χ3v) is 2.87. The molecule has 4 heteroatoms. The van der Waals surface area contributed by atoms with Crippen LogP contribution in [0.25, 0.3) is 11.0 Å². The van der Waals surface area contributed by atoms with Crippen LogP contribution in [0, 0.1) is 0 Å². The van der Waals surface area contributed by atoms with Gasteiger partial charge in [0.1, 0.15) is 0 Å². The van der Waals surface area contributed by atoms with Gasteiger partial charge in [0.2, 0.25) is 0 Å². The molecule has 2 heterocycles. The molecule has 19 heavy (non-hydrogen) atoms. The van der Waals surface area contributed by atoms with E-state index in [1.54, 1.807) is 24.7 Å². The van der Waals surface area contributed by atoms with Gasteiger partial charge in [-0.2, -0.15) is 0 Å². The van der Waals surface area contributed by atoms with Crippen LogP contribution in [-0.2, 0) is 6.42 Å². The molecule has 0 aliphatic rings. The summed E-state index contributed by atoms with van der Waals surface area (Å²) >= 11 is 0. The summed E-state index contributed by atoms with van der Waals surface area (Å²) in [6.45, 7) is 0. The lowest BCUT2D eigenvalue weighted by atomic mass is 10.0. The molecule has 0 spiro atoms. The molecule has 2 aromatic heterocycles. The molecule has 0 aliphatic carbocycles. The number of nitrogens with zero attached hydrogens (tertiary/aromatic N) is 3. The minimum Gasteiger partial charge on any atom is -0.294 e. The van der Waals surface area contributed by atoms with E-state index < -0.39 is 0 Å². The minimum absolute atomic E-state index is 0.00444. The van der Waals surface area contributed by atoms with Gasteiger partial charge < -0.3 is 0 Å². The van der Waals surface area contributed by atoms with Crippen LogP contribution in [0.5, 0.6) is 0 Å². The van der Waals surface area contributed by atoms with Crippen molar-refractivity contribution in [3.8, 4) is 0 Å². The van der Waals surface area contributed by atoms with Gasteiger partial charge in [-0.3, -0.25) is 19.7 Å². The Hall–Kier alpha value is -2.62. The molecule has 0 N–H and O–H groups in total. The molecule has 0 fully saturated rings. The van der Waals surface area contributed by atoms with E-state index >= 15 is 0 Å². The lowest BCUT2D eigenvalue weighted by Gasteiger charge is -2.04. The Morgan fingerprint density at radius 1 is 0.895 bits per heavy atom. The number of rotatable bonds is 3. The average molecular weight is 249 g/mol. The van der Waals surface area contributed by atoms with Crippen molar-refractivity contribution >= 4 is 16.8 Å². The van der Waals surface area contributed by atoms with Gasteiger partial charge in [0.05, 0.1) is 17.5 Å². The molecule has 0 unspecified atom stereocenters. The maximum absolute atomic E-state index is 12.3. The number of carbonyl (C=O) groups excluding carboxylic acids is 1. The summed E-state index contributed by atoms with van der Waals surface area (Å²) in [6, 6.07) is 11.0. The summed E-state index contributed by atoms with van der Waals surface area (Å²) in [6.07, 6.45) is 5.18. The quantitative estimate of drug-likeness (QED) is 0.669. The van der Waals surface area contributed by atoms with Crippen molar-refractivity contribution in [2.45, 2.75) is 6.42 Å². The lowest BCUT2D eigenvalue weighted by molar-refractivity contribution is 0.0993. The number of hydrogen-bond acceptors (Lipinski definition) is 4. The van der Waals surface area contributed by atoms with Crippen molar-refractivity contribution in [1.82, 2.24) is 15.0 Å².